The molecule has 0 spiro atoms. The number of aliphatic carboxylic acids is 2. The van der Waals surface area contributed by atoms with Crippen LogP contribution in [0, 0.1) is 0 Å². The third-order valence-electron chi connectivity index (χ3n) is 1.91. The summed E-state index contributed by atoms with van der Waals surface area (Å²) < 4.78 is 0. The lowest BCUT2D eigenvalue weighted by Crippen LogP contribution is -2.36. The minimum atomic E-state index is -1.13. The molecule has 0 aliphatic heterocycles. The highest BCUT2D eigenvalue weighted by molar-refractivity contribution is 8.77. The van der Waals surface area contributed by atoms with E-state index in [1.807, 2.05) is 0 Å². The van der Waals surface area contributed by atoms with Gasteiger partial charge in [0, 0.05) is 0 Å². The number of carboxylic acids is 2. The molecule has 0 heterocycles. The zero-order chi connectivity index (χ0) is 15.7. The second kappa shape index (κ2) is 9.48. The quantitative estimate of drug-likeness (QED) is 0.420. The van der Waals surface area contributed by atoms with Crippen LogP contribution in [0.4, 0.5) is 0 Å². The van der Waals surface area contributed by atoms with Gasteiger partial charge in [-0.2, -0.15) is 0 Å². The van der Waals surface area contributed by atoms with Crippen LogP contribution in [0.3, 0.4) is 0 Å². The molecule has 0 bridgehead atoms. The zero-order valence-electron chi connectivity index (χ0n) is 10.9. The Balaban J connectivity index is 4.00. The average Bonchev–Trinajstić information content (AvgIpc) is 2.38. The molecule has 20 heavy (non-hydrogen) atoms. The minimum Gasteiger partial charge on any atom is -0.480 e. The van der Waals surface area contributed by atoms with Crippen LogP contribution in [-0.2, 0) is 19.2 Å². The molecule has 0 radical (unpaired) electrons. The Morgan fingerprint density at radius 2 is 1.45 bits per heavy atom. The van der Waals surface area contributed by atoms with Gasteiger partial charge in [-0.25, -0.2) is 0 Å². The summed E-state index contributed by atoms with van der Waals surface area (Å²) in [6, 6.07) is 0. The van der Waals surface area contributed by atoms with E-state index < -0.39 is 47.3 Å². The maximum absolute atomic E-state index is 11.5. The predicted molar refractivity (Wildman–Crippen MR) is 75.4 cm³/mol. The summed E-state index contributed by atoms with van der Waals surface area (Å²) in [7, 11) is 2.22. The Bertz CT molecular complexity index is 354. The number of hydrogen-bond donors (Lipinski definition) is 4. The van der Waals surface area contributed by atoms with Gasteiger partial charge in [0.2, 0.25) is 11.8 Å². The van der Waals surface area contributed by atoms with Gasteiger partial charge in [0.25, 0.3) is 0 Å². The molecule has 114 valence electrons. The van der Waals surface area contributed by atoms with Crippen molar-refractivity contribution < 1.29 is 29.4 Å². The van der Waals surface area contributed by atoms with E-state index >= 15 is 0 Å². The first kappa shape index (κ1) is 18.6. The van der Waals surface area contributed by atoms with Crippen molar-refractivity contribution >= 4 is 45.3 Å². The fraction of sp³-hybridized carbons (Fsp3) is 0.600. The summed E-state index contributed by atoms with van der Waals surface area (Å²) in [6.45, 7) is 2.25. The molecule has 0 saturated carbocycles. The number of hydrogen-bond acceptors (Lipinski definition) is 6. The molecule has 2 unspecified atom stereocenters. The lowest BCUT2D eigenvalue weighted by molar-refractivity contribution is -0.138. The molecule has 0 aliphatic rings. The van der Waals surface area contributed by atoms with Gasteiger partial charge in [-0.3, -0.25) is 19.2 Å². The number of rotatable bonds is 9. The van der Waals surface area contributed by atoms with Crippen molar-refractivity contribution in [2.75, 3.05) is 13.1 Å². The van der Waals surface area contributed by atoms with Crippen molar-refractivity contribution in [3.63, 3.8) is 0 Å². The second-order valence-electron chi connectivity index (χ2n) is 3.70. The van der Waals surface area contributed by atoms with Gasteiger partial charge in [-0.05, 0) is 13.8 Å². The van der Waals surface area contributed by atoms with Crippen molar-refractivity contribution in [1.29, 1.82) is 0 Å². The van der Waals surface area contributed by atoms with Gasteiger partial charge in [-0.1, -0.05) is 21.6 Å². The third kappa shape index (κ3) is 8.64. The molecular weight excluding hydrogens is 299 g/mol. The predicted octanol–water partition coefficient (Wildman–Crippen LogP) is -0.454. The topological polar surface area (TPSA) is 133 Å². The van der Waals surface area contributed by atoms with Crippen LogP contribution in [0.1, 0.15) is 13.8 Å². The second-order valence-corrected chi connectivity index (χ2v) is 6.65. The smallest absolute Gasteiger partial charge is 0.322 e. The maximum atomic E-state index is 11.5. The Kier molecular flexibility index (Phi) is 8.81. The van der Waals surface area contributed by atoms with E-state index in [1.54, 1.807) is 13.8 Å². The lowest BCUT2D eigenvalue weighted by atomic mass is 2.89. The van der Waals surface area contributed by atoms with E-state index in [-0.39, 0.29) is 0 Å². The molecule has 0 saturated heterocycles. The van der Waals surface area contributed by atoms with Crippen LogP contribution in [0.2, 0.25) is 0 Å². The van der Waals surface area contributed by atoms with Crippen LogP contribution in [-0.4, -0.2) is 57.6 Å². The van der Waals surface area contributed by atoms with Gasteiger partial charge < -0.3 is 20.8 Å². The molecule has 4 N–H and O–H groups in total. The number of amides is 2. The molecule has 0 rings (SSSR count). The standard InChI is InChI=1S/C10H16N2O6S2/c1-5(9(17)11-3-7(13)14)19-20-6(2)10(18)12-4-8(15)16/h5-6H,3-4H2,1-2H3,(H,11,17)(H,12,18)(H,13,14)(H,15,16)/i1-9. The summed E-state index contributed by atoms with van der Waals surface area (Å²) in [5.74, 6) is -3.15. The molecule has 0 aromatic heterocycles. The SMILES string of the molecule is CC(SSC([3CH3])C(=O)NCC(=O)O)C(=O)NCC(=O)O. The molecule has 2 atom stereocenters. The first-order valence-electron chi connectivity index (χ1n) is 5.55. The summed E-state index contributed by atoms with van der Waals surface area (Å²) in [5, 5.41) is 20.2. The van der Waals surface area contributed by atoms with Crippen LogP contribution in [0.5, 0.6) is 0 Å². The van der Waals surface area contributed by atoms with Crippen molar-refractivity contribution in [3.05, 3.63) is 0 Å². The molecule has 0 fully saturated rings. The number of carbonyl (C=O) groups is 4. The van der Waals surface area contributed by atoms with Crippen molar-refractivity contribution in [3.8, 4) is 0 Å². The molecule has 10 heteroatoms. The van der Waals surface area contributed by atoms with Crippen molar-refractivity contribution in [1.82, 2.24) is 10.6 Å². The maximum Gasteiger partial charge on any atom is 0.322 e. The number of carbonyl (C=O) groups excluding carboxylic acids is 2. The molecule has 0 aromatic rings. The van der Waals surface area contributed by atoms with Crippen molar-refractivity contribution in [2.24, 2.45) is 0 Å². The minimum absolute atomic E-state index is 0.442. The van der Waals surface area contributed by atoms with Crippen LogP contribution in [0.15, 0.2) is 0 Å². The monoisotopic (exact) mass is 315 g/mol. The summed E-state index contributed by atoms with van der Waals surface area (Å²) in [6.07, 6.45) is 0. The van der Waals surface area contributed by atoms with Crippen molar-refractivity contribution in [2.45, 2.75) is 24.3 Å². The largest absolute Gasteiger partial charge is 0.480 e. The summed E-state index contributed by atoms with van der Waals surface area (Å²) >= 11 is 0. The fourth-order valence-corrected chi connectivity index (χ4v) is 3.07. The van der Waals surface area contributed by atoms with E-state index in [1.165, 1.54) is 0 Å². The first-order valence-corrected chi connectivity index (χ1v) is 7.82. The van der Waals surface area contributed by atoms with E-state index in [9.17, 15) is 19.2 Å². The highest BCUT2D eigenvalue weighted by Gasteiger charge is 2.19. The van der Waals surface area contributed by atoms with Gasteiger partial charge >= 0.3 is 11.9 Å². The molecule has 0 aliphatic carbocycles. The highest BCUT2D eigenvalue weighted by atomic mass is 33.1. The lowest BCUT2D eigenvalue weighted by Gasteiger charge is -2.13. The van der Waals surface area contributed by atoms with E-state index in [0.29, 0.717) is 0 Å². The van der Waals surface area contributed by atoms with Gasteiger partial charge in [0.05, 0.1) is 10.5 Å². The molecule has 2 amide bonds. The normalized spacial score (nSPS) is 13.1. The number of nitrogens with one attached hydrogen (secondary N) is 2. The van der Waals surface area contributed by atoms with E-state index in [0.717, 1.165) is 21.6 Å². The van der Waals surface area contributed by atoms with Gasteiger partial charge in [-0.15, -0.1) is 0 Å². The number of carboxylic acid groups (broad SMARTS) is 2. The molecule has 8 nitrogen and oxygen atoms in total. The molecule has 0 aromatic carbocycles. The first-order chi connectivity index (χ1) is 9.23. The third-order valence-corrected chi connectivity index (χ3v) is 5.09. The van der Waals surface area contributed by atoms with E-state index in [2.05, 4.69) is 10.6 Å². The zero-order valence-corrected chi connectivity index (χ0v) is 12.5. The van der Waals surface area contributed by atoms with Gasteiger partial charge in [0.1, 0.15) is 13.1 Å². The van der Waals surface area contributed by atoms with Crippen LogP contribution in [0.25, 0.3) is 0 Å². The molecular formula is C10H16N2O6S2. The Morgan fingerprint density at radius 3 is 1.90 bits per heavy atom. The van der Waals surface area contributed by atoms with Crippen LogP contribution < -0.4 is 10.6 Å². The highest BCUT2D eigenvalue weighted by Crippen LogP contribution is 2.31. The average molecular weight is 315 g/mol. The fourth-order valence-electron chi connectivity index (χ4n) is 0.867. The van der Waals surface area contributed by atoms with Crippen LogP contribution >= 0.6 is 21.6 Å². The summed E-state index contributed by atoms with van der Waals surface area (Å²) in [4.78, 5) is 43.5. The Morgan fingerprint density at radius 1 is 1.00 bits per heavy atom. The van der Waals surface area contributed by atoms with Gasteiger partial charge in [0.15, 0.2) is 0 Å². The summed E-state index contributed by atoms with van der Waals surface area (Å²) in [5.41, 5.74) is 0. The van der Waals surface area contributed by atoms with E-state index in [4.69, 9.17) is 10.2 Å². The Labute approximate surface area is 123 Å². The Hall–Kier alpha value is -1.42.